The van der Waals surface area contributed by atoms with E-state index in [-0.39, 0.29) is 12.2 Å². The number of hydrogen-bond acceptors (Lipinski definition) is 5. The zero-order chi connectivity index (χ0) is 15.0. The highest BCUT2D eigenvalue weighted by Crippen LogP contribution is 2.04. The van der Waals surface area contributed by atoms with Crippen molar-refractivity contribution < 1.29 is 10.2 Å². The van der Waals surface area contributed by atoms with Crippen LogP contribution in [0.1, 0.15) is 27.2 Å². The van der Waals surface area contributed by atoms with Crippen LogP contribution in [0.3, 0.4) is 0 Å². The lowest BCUT2D eigenvalue weighted by Gasteiger charge is -2.36. The standard InChI is InChI=1S/C15H33N3O2/c1-4-5-17(12-14(2)19)9-6-16-7-10-18(11-8-16)13-15(3)20/h14-15,19-20H,4-13H2,1-3H3. The first-order valence-corrected chi connectivity index (χ1v) is 8.04. The molecule has 2 unspecified atom stereocenters. The Hall–Kier alpha value is -0.200. The van der Waals surface area contributed by atoms with Crippen LogP contribution in [0.25, 0.3) is 0 Å². The van der Waals surface area contributed by atoms with E-state index in [1.54, 1.807) is 0 Å². The quantitative estimate of drug-likeness (QED) is 0.629. The second-order valence-electron chi connectivity index (χ2n) is 6.14. The fraction of sp³-hybridized carbons (Fsp3) is 1.00. The zero-order valence-corrected chi connectivity index (χ0v) is 13.5. The lowest BCUT2D eigenvalue weighted by Crippen LogP contribution is -2.50. The van der Waals surface area contributed by atoms with E-state index in [1.807, 2.05) is 13.8 Å². The van der Waals surface area contributed by atoms with E-state index < -0.39 is 0 Å². The van der Waals surface area contributed by atoms with Crippen LogP contribution in [0, 0.1) is 0 Å². The van der Waals surface area contributed by atoms with Crippen molar-refractivity contribution in [1.82, 2.24) is 14.7 Å². The fourth-order valence-corrected chi connectivity index (χ4v) is 2.84. The van der Waals surface area contributed by atoms with Gasteiger partial charge >= 0.3 is 0 Å². The summed E-state index contributed by atoms with van der Waals surface area (Å²) in [6.45, 7) is 14.9. The summed E-state index contributed by atoms with van der Waals surface area (Å²) in [4.78, 5) is 7.18. The minimum absolute atomic E-state index is 0.229. The largest absolute Gasteiger partial charge is 0.392 e. The highest BCUT2D eigenvalue weighted by molar-refractivity contribution is 4.74. The molecule has 0 aromatic rings. The summed E-state index contributed by atoms with van der Waals surface area (Å²) in [5.74, 6) is 0. The molecule has 5 nitrogen and oxygen atoms in total. The number of hydrogen-bond donors (Lipinski definition) is 2. The van der Waals surface area contributed by atoms with Crippen LogP contribution >= 0.6 is 0 Å². The third kappa shape index (κ3) is 7.55. The van der Waals surface area contributed by atoms with Gasteiger partial charge in [0.2, 0.25) is 0 Å². The van der Waals surface area contributed by atoms with Gasteiger partial charge in [0, 0.05) is 52.4 Å². The van der Waals surface area contributed by atoms with Crippen molar-refractivity contribution in [1.29, 1.82) is 0 Å². The molecule has 0 bridgehead atoms. The molecule has 1 aliphatic heterocycles. The minimum atomic E-state index is -0.246. The maximum atomic E-state index is 9.52. The molecule has 2 atom stereocenters. The van der Waals surface area contributed by atoms with E-state index in [1.165, 1.54) is 0 Å². The predicted octanol–water partition coefficient (Wildman–Crippen LogP) is 0.0776. The molecule has 1 fully saturated rings. The van der Waals surface area contributed by atoms with Crippen LogP contribution in [0.15, 0.2) is 0 Å². The second kappa shape index (κ2) is 9.68. The highest BCUT2D eigenvalue weighted by atomic mass is 16.3. The van der Waals surface area contributed by atoms with Gasteiger partial charge in [-0.3, -0.25) is 14.7 Å². The van der Waals surface area contributed by atoms with Gasteiger partial charge in [0.05, 0.1) is 12.2 Å². The van der Waals surface area contributed by atoms with Crippen LogP contribution < -0.4 is 0 Å². The average Bonchev–Trinajstić information content (AvgIpc) is 2.36. The van der Waals surface area contributed by atoms with Crippen molar-refractivity contribution in [3.63, 3.8) is 0 Å². The van der Waals surface area contributed by atoms with Gasteiger partial charge in [-0.2, -0.15) is 0 Å². The first kappa shape index (κ1) is 17.9. The van der Waals surface area contributed by atoms with E-state index in [9.17, 15) is 10.2 Å². The Morgan fingerprint density at radius 3 is 2.05 bits per heavy atom. The van der Waals surface area contributed by atoms with Gasteiger partial charge in [0.15, 0.2) is 0 Å². The molecule has 0 radical (unpaired) electrons. The van der Waals surface area contributed by atoms with Crippen molar-refractivity contribution in [3.05, 3.63) is 0 Å². The van der Waals surface area contributed by atoms with E-state index in [0.717, 1.165) is 65.3 Å². The van der Waals surface area contributed by atoms with E-state index in [0.29, 0.717) is 0 Å². The lowest BCUT2D eigenvalue weighted by atomic mass is 10.2. The SMILES string of the molecule is CCCN(CCN1CCN(CC(C)O)CC1)CC(C)O. The molecule has 120 valence electrons. The van der Waals surface area contributed by atoms with Gasteiger partial charge in [0.1, 0.15) is 0 Å². The average molecular weight is 287 g/mol. The summed E-state index contributed by atoms with van der Waals surface area (Å²) >= 11 is 0. The zero-order valence-electron chi connectivity index (χ0n) is 13.5. The number of rotatable bonds is 9. The van der Waals surface area contributed by atoms with Crippen molar-refractivity contribution in [2.24, 2.45) is 0 Å². The van der Waals surface area contributed by atoms with Crippen LogP contribution in [0.2, 0.25) is 0 Å². The molecule has 1 heterocycles. The van der Waals surface area contributed by atoms with Crippen LogP contribution in [-0.4, -0.2) is 96.0 Å². The first-order valence-electron chi connectivity index (χ1n) is 8.04. The molecule has 0 aromatic heterocycles. The summed E-state index contributed by atoms with van der Waals surface area (Å²) in [5.41, 5.74) is 0. The molecule has 5 heteroatoms. The van der Waals surface area contributed by atoms with Gasteiger partial charge in [-0.1, -0.05) is 6.92 Å². The molecule has 20 heavy (non-hydrogen) atoms. The number of nitrogens with zero attached hydrogens (tertiary/aromatic N) is 3. The van der Waals surface area contributed by atoms with Crippen molar-refractivity contribution >= 4 is 0 Å². The number of aliphatic hydroxyl groups excluding tert-OH is 2. The van der Waals surface area contributed by atoms with Crippen molar-refractivity contribution in [3.8, 4) is 0 Å². The predicted molar refractivity (Wildman–Crippen MR) is 83.0 cm³/mol. The Balaban J connectivity index is 2.21. The summed E-state index contributed by atoms with van der Waals surface area (Å²) < 4.78 is 0. The summed E-state index contributed by atoms with van der Waals surface area (Å²) in [5, 5.41) is 18.9. The van der Waals surface area contributed by atoms with Crippen LogP contribution in [-0.2, 0) is 0 Å². The third-order valence-electron chi connectivity index (χ3n) is 3.78. The van der Waals surface area contributed by atoms with Crippen molar-refractivity contribution in [2.45, 2.75) is 39.4 Å². The molecule has 1 aliphatic rings. The van der Waals surface area contributed by atoms with Gasteiger partial charge in [-0.05, 0) is 26.8 Å². The second-order valence-corrected chi connectivity index (χ2v) is 6.14. The van der Waals surface area contributed by atoms with E-state index in [4.69, 9.17) is 0 Å². The fourth-order valence-electron chi connectivity index (χ4n) is 2.84. The molecule has 0 spiro atoms. The van der Waals surface area contributed by atoms with Gasteiger partial charge in [0.25, 0.3) is 0 Å². The molecular weight excluding hydrogens is 254 g/mol. The normalized spacial score (nSPS) is 21.3. The van der Waals surface area contributed by atoms with Crippen molar-refractivity contribution in [2.75, 3.05) is 58.9 Å². The molecule has 2 N–H and O–H groups in total. The Kier molecular flexibility index (Phi) is 8.64. The number of aliphatic hydroxyl groups is 2. The highest BCUT2D eigenvalue weighted by Gasteiger charge is 2.18. The van der Waals surface area contributed by atoms with E-state index in [2.05, 4.69) is 21.6 Å². The monoisotopic (exact) mass is 287 g/mol. The topological polar surface area (TPSA) is 50.2 Å². The Labute approximate surface area is 124 Å². The molecule has 0 aliphatic carbocycles. The number of β-amino-alcohol motifs (C(OH)–C–C–N with tert-alkyl or cyclic N) is 1. The first-order chi connectivity index (χ1) is 9.51. The Morgan fingerprint density at radius 1 is 0.950 bits per heavy atom. The maximum absolute atomic E-state index is 9.52. The van der Waals surface area contributed by atoms with Gasteiger partial charge in [-0.15, -0.1) is 0 Å². The minimum Gasteiger partial charge on any atom is -0.392 e. The smallest absolute Gasteiger partial charge is 0.0639 e. The molecule has 1 rings (SSSR count). The van der Waals surface area contributed by atoms with E-state index >= 15 is 0 Å². The molecule has 0 amide bonds. The van der Waals surface area contributed by atoms with Gasteiger partial charge in [-0.25, -0.2) is 0 Å². The molecular formula is C15H33N3O2. The molecule has 1 saturated heterocycles. The summed E-state index contributed by atoms with van der Waals surface area (Å²) in [6, 6.07) is 0. The maximum Gasteiger partial charge on any atom is 0.0639 e. The summed E-state index contributed by atoms with van der Waals surface area (Å²) in [7, 11) is 0. The lowest BCUT2D eigenvalue weighted by molar-refractivity contribution is 0.0705. The van der Waals surface area contributed by atoms with Crippen LogP contribution in [0.5, 0.6) is 0 Å². The van der Waals surface area contributed by atoms with Gasteiger partial charge < -0.3 is 10.2 Å². The van der Waals surface area contributed by atoms with Crippen LogP contribution in [0.4, 0.5) is 0 Å². The molecule has 0 aromatic carbocycles. The summed E-state index contributed by atoms with van der Waals surface area (Å²) in [6.07, 6.45) is 0.659. The molecule has 0 saturated carbocycles. The number of piperazine rings is 1. The Bertz CT molecular complexity index is 241. The third-order valence-corrected chi connectivity index (χ3v) is 3.78. The Morgan fingerprint density at radius 2 is 1.55 bits per heavy atom.